The average Bonchev–Trinajstić information content (AvgIpc) is 3.18. The summed E-state index contributed by atoms with van der Waals surface area (Å²) in [6.45, 7) is 6.01. The molecule has 1 aliphatic heterocycles. The molecular formula is C16H24N4O3S. The van der Waals surface area contributed by atoms with Gasteiger partial charge in [0.2, 0.25) is 0 Å². The van der Waals surface area contributed by atoms with Crippen molar-refractivity contribution in [3.05, 3.63) is 10.6 Å². The lowest BCUT2D eigenvalue weighted by molar-refractivity contribution is -0.138. The van der Waals surface area contributed by atoms with E-state index in [1.807, 2.05) is 18.7 Å². The Morgan fingerprint density at radius 3 is 2.75 bits per heavy atom. The summed E-state index contributed by atoms with van der Waals surface area (Å²) >= 11 is 1.37. The van der Waals surface area contributed by atoms with Crippen LogP contribution in [0.25, 0.3) is 0 Å². The number of nitrogens with one attached hydrogen (secondary N) is 2. The van der Waals surface area contributed by atoms with E-state index in [2.05, 4.69) is 15.6 Å². The maximum Gasteiger partial charge on any atom is 0.317 e. The lowest BCUT2D eigenvalue weighted by Gasteiger charge is -2.19. The molecule has 3 N–H and O–H groups in total. The Bertz CT molecular complexity index is 629. The molecule has 132 valence electrons. The second-order valence-corrected chi connectivity index (χ2v) is 7.63. The Labute approximate surface area is 145 Å². The zero-order chi connectivity index (χ0) is 17.3. The van der Waals surface area contributed by atoms with Gasteiger partial charge in [-0.3, -0.25) is 14.5 Å². The second-order valence-electron chi connectivity index (χ2n) is 6.63. The van der Waals surface area contributed by atoms with Gasteiger partial charge in [-0.1, -0.05) is 11.3 Å². The highest BCUT2D eigenvalue weighted by Gasteiger charge is 2.43. The Hall–Kier alpha value is -1.67. The predicted octanol–water partition coefficient (Wildman–Crippen LogP) is 1.41. The van der Waals surface area contributed by atoms with Crippen molar-refractivity contribution in [1.29, 1.82) is 0 Å². The van der Waals surface area contributed by atoms with Crippen LogP contribution in [0, 0.1) is 18.8 Å². The Morgan fingerprint density at radius 2 is 2.12 bits per heavy atom. The van der Waals surface area contributed by atoms with Gasteiger partial charge >= 0.3 is 5.97 Å². The predicted molar refractivity (Wildman–Crippen MR) is 92.6 cm³/mol. The van der Waals surface area contributed by atoms with E-state index in [0.717, 1.165) is 23.9 Å². The van der Waals surface area contributed by atoms with E-state index in [1.165, 1.54) is 24.2 Å². The first-order valence-electron chi connectivity index (χ1n) is 8.44. The molecule has 3 rings (SSSR count). The Kier molecular flexibility index (Phi) is 5.05. The molecule has 8 heteroatoms. The largest absolute Gasteiger partial charge is 0.480 e. The van der Waals surface area contributed by atoms with Crippen LogP contribution in [0.2, 0.25) is 0 Å². The number of carboxylic acids is 1. The topological polar surface area (TPSA) is 94.6 Å². The standard InChI is InChI=1S/C16H24N4O3S/c1-3-17-16-18-9(2)14(24-16)15(23)19-12-7-20(8-13(21)22)6-11(12)10-4-5-10/h10-12H,3-8H2,1-2H3,(H,17,18)(H,19,23)(H,21,22)/t11-,12+/m1/s1. The molecule has 0 bridgehead atoms. The van der Waals surface area contributed by atoms with Crippen LogP contribution < -0.4 is 10.6 Å². The van der Waals surface area contributed by atoms with Crippen LogP contribution in [0.1, 0.15) is 35.1 Å². The summed E-state index contributed by atoms with van der Waals surface area (Å²) in [5, 5.41) is 16.0. The molecule has 1 aromatic heterocycles. The van der Waals surface area contributed by atoms with Gasteiger partial charge in [-0.05, 0) is 38.5 Å². The number of anilines is 1. The van der Waals surface area contributed by atoms with Crippen molar-refractivity contribution in [2.45, 2.75) is 32.7 Å². The van der Waals surface area contributed by atoms with Gasteiger partial charge in [0.15, 0.2) is 5.13 Å². The van der Waals surface area contributed by atoms with E-state index in [0.29, 0.717) is 23.3 Å². The lowest BCUT2D eigenvalue weighted by Crippen LogP contribution is -2.41. The van der Waals surface area contributed by atoms with E-state index in [1.54, 1.807) is 0 Å². The van der Waals surface area contributed by atoms with Gasteiger partial charge < -0.3 is 15.7 Å². The number of carbonyl (C=O) groups excluding carboxylic acids is 1. The minimum Gasteiger partial charge on any atom is -0.480 e. The van der Waals surface area contributed by atoms with Crippen molar-refractivity contribution in [3.8, 4) is 0 Å². The van der Waals surface area contributed by atoms with Crippen molar-refractivity contribution in [2.24, 2.45) is 11.8 Å². The minimum absolute atomic E-state index is 0.0217. The van der Waals surface area contributed by atoms with Crippen molar-refractivity contribution < 1.29 is 14.7 Å². The first kappa shape index (κ1) is 17.2. The second kappa shape index (κ2) is 7.06. The average molecular weight is 352 g/mol. The zero-order valence-corrected chi connectivity index (χ0v) is 14.9. The summed E-state index contributed by atoms with van der Waals surface area (Å²) in [6, 6.07) is 0.0217. The van der Waals surface area contributed by atoms with E-state index in [9.17, 15) is 9.59 Å². The zero-order valence-electron chi connectivity index (χ0n) is 14.0. The molecule has 1 saturated heterocycles. The summed E-state index contributed by atoms with van der Waals surface area (Å²) in [5.41, 5.74) is 0.733. The fourth-order valence-electron chi connectivity index (χ4n) is 3.46. The fourth-order valence-corrected chi connectivity index (χ4v) is 4.39. The highest BCUT2D eigenvalue weighted by atomic mass is 32.1. The van der Waals surface area contributed by atoms with Crippen molar-refractivity contribution >= 4 is 28.3 Å². The summed E-state index contributed by atoms with van der Waals surface area (Å²) in [4.78, 5) is 30.6. The number of amides is 1. The molecule has 0 aromatic carbocycles. The minimum atomic E-state index is -0.815. The molecule has 0 unspecified atom stereocenters. The highest BCUT2D eigenvalue weighted by Crippen LogP contribution is 2.41. The summed E-state index contributed by atoms with van der Waals surface area (Å²) in [5.74, 6) is 0.0656. The number of likely N-dealkylation sites (tertiary alicyclic amines) is 1. The molecule has 1 aliphatic carbocycles. The van der Waals surface area contributed by atoms with Crippen LogP contribution in [0.15, 0.2) is 0 Å². The van der Waals surface area contributed by atoms with Gasteiger partial charge in [-0.15, -0.1) is 0 Å². The molecule has 24 heavy (non-hydrogen) atoms. The molecule has 2 atom stereocenters. The molecule has 2 aliphatic rings. The van der Waals surface area contributed by atoms with E-state index < -0.39 is 5.97 Å². The van der Waals surface area contributed by atoms with Gasteiger partial charge in [0.05, 0.1) is 12.2 Å². The van der Waals surface area contributed by atoms with Gasteiger partial charge in [0, 0.05) is 25.7 Å². The van der Waals surface area contributed by atoms with E-state index in [4.69, 9.17) is 5.11 Å². The number of hydrogen-bond donors (Lipinski definition) is 3. The third kappa shape index (κ3) is 3.87. The monoisotopic (exact) mass is 352 g/mol. The van der Waals surface area contributed by atoms with Crippen LogP contribution in [-0.4, -0.2) is 59.1 Å². The molecule has 2 heterocycles. The first-order valence-corrected chi connectivity index (χ1v) is 9.26. The quantitative estimate of drug-likeness (QED) is 0.687. The molecule has 1 saturated carbocycles. The SMILES string of the molecule is CCNc1nc(C)c(C(=O)N[C@H]2CN(CC(=O)O)C[C@@H]2C2CC2)s1. The van der Waals surface area contributed by atoms with Crippen LogP contribution in [-0.2, 0) is 4.79 Å². The third-order valence-corrected chi connectivity index (χ3v) is 5.79. The van der Waals surface area contributed by atoms with Gasteiger partial charge in [-0.2, -0.15) is 0 Å². The van der Waals surface area contributed by atoms with Crippen molar-refractivity contribution in [3.63, 3.8) is 0 Å². The first-order chi connectivity index (χ1) is 11.5. The molecular weight excluding hydrogens is 328 g/mol. The highest BCUT2D eigenvalue weighted by molar-refractivity contribution is 7.17. The number of nitrogens with zero attached hydrogens (tertiary/aromatic N) is 2. The number of aromatic nitrogens is 1. The molecule has 2 fully saturated rings. The van der Waals surface area contributed by atoms with Crippen LogP contribution in [0.3, 0.4) is 0 Å². The van der Waals surface area contributed by atoms with Crippen LogP contribution in [0.5, 0.6) is 0 Å². The number of carboxylic acid groups (broad SMARTS) is 1. The van der Waals surface area contributed by atoms with Crippen LogP contribution in [0.4, 0.5) is 5.13 Å². The number of aryl methyl sites for hydroxylation is 1. The van der Waals surface area contributed by atoms with Gasteiger partial charge in [0.1, 0.15) is 4.88 Å². The number of carbonyl (C=O) groups is 2. The number of thiazole rings is 1. The number of aliphatic carboxylic acids is 1. The van der Waals surface area contributed by atoms with Gasteiger partial charge in [-0.25, -0.2) is 4.98 Å². The van der Waals surface area contributed by atoms with Crippen molar-refractivity contribution in [2.75, 3.05) is 31.5 Å². The number of rotatable bonds is 7. The summed E-state index contributed by atoms with van der Waals surface area (Å²) in [7, 11) is 0. The molecule has 7 nitrogen and oxygen atoms in total. The molecule has 1 amide bonds. The normalized spacial score (nSPS) is 24.1. The molecule has 0 radical (unpaired) electrons. The van der Waals surface area contributed by atoms with Crippen LogP contribution >= 0.6 is 11.3 Å². The maximum absolute atomic E-state index is 12.7. The Morgan fingerprint density at radius 1 is 1.38 bits per heavy atom. The summed E-state index contributed by atoms with van der Waals surface area (Å²) < 4.78 is 0. The smallest absolute Gasteiger partial charge is 0.317 e. The van der Waals surface area contributed by atoms with E-state index >= 15 is 0 Å². The molecule has 0 spiro atoms. The van der Waals surface area contributed by atoms with Crippen molar-refractivity contribution in [1.82, 2.24) is 15.2 Å². The number of hydrogen-bond acceptors (Lipinski definition) is 6. The maximum atomic E-state index is 12.7. The van der Waals surface area contributed by atoms with E-state index in [-0.39, 0.29) is 18.5 Å². The van der Waals surface area contributed by atoms with Gasteiger partial charge in [0.25, 0.3) is 5.91 Å². The fraction of sp³-hybridized carbons (Fsp3) is 0.688. The molecule has 1 aromatic rings. The lowest BCUT2D eigenvalue weighted by atomic mass is 9.98. The Balaban J connectivity index is 1.67. The summed E-state index contributed by atoms with van der Waals surface area (Å²) in [6.07, 6.45) is 2.37. The third-order valence-electron chi connectivity index (χ3n) is 4.67.